The number of carbonyl (C=O) groups is 3. The van der Waals surface area contributed by atoms with Gasteiger partial charge in [-0.1, -0.05) is 81.4 Å². The van der Waals surface area contributed by atoms with Crippen molar-refractivity contribution >= 4 is 31.7 Å². The van der Waals surface area contributed by atoms with Gasteiger partial charge in [0, 0.05) is 16.7 Å². The number of amides is 1. The second-order valence-electron chi connectivity index (χ2n) is 11.8. The van der Waals surface area contributed by atoms with Gasteiger partial charge in [-0.15, -0.1) is 0 Å². The number of ketones is 2. The zero-order chi connectivity index (χ0) is 33.0. The molecule has 2 heterocycles. The molecule has 2 bridgehead atoms. The monoisotopic (exact) mass is 637 g/mol. The summed E-state index contributed by atoms with van der Waals surface area (Å²) < 4.78 is 19.3. The van der Waals surface area contributed by atoms with Gasteiger partial charge in [-0.25, -0.2) is 4.79 Å². The molecule has 0 saturated carbocycles. The van der Waals surface area contributed by atoms with Crippen LogP contribution >= 0.6 is 0 Å². The van der Waals surface area contributed by atoms with Crippen LogP contribution in [0.1, 0.15) is 65.1 Å². The highest BCUT2D eigenvalue weighted by atomic mass is 28.4. The molecule has 9 nitrogen and oxygen atoms in total. The Morgan fingerprint density at radius 2 is 1.70 bits per heavy atom. The molecule has 2 aliphatic carbocycles. The van der Waals surface area contributed by atoms with E-state index in [9.17, 15) is 24.6 Å². The summed E-state index contributed by atoms with van der Waals surface area (Å²) in [7, 11) is -2.32. The normalized spacial score (nSPS) is 26.4. The van der Waals surface area contributed by atoms with Crippen molar-refractivity contribution in [3.05, 3.63) is 83.0 Å². The number of epoxide rings is 1. The Morgan fingerprint density at radius 3 is 2.30 bits per heavy atom. The molecule has 2 aliphatic heterocycles. The van der Waals surface area contributed by atoms with Crippen molar-refractivity contribution in [3.63, 3.8) is 0 Å². The van der Waals surface area contributed by atoms with Gasteiger partial charge in [0.1, 0.15) is 18.4 Å². The molecule has 5 atom stereocenters. The first kappa shape index (κ1) is 31.5. The van der Waals surface area contributed by atoms with E-state index in [0.717, 1.165) is 18.1 Å². The molecule has 2 N–H and O–H groups in total. The number of aliphatic hydroxyl groups excluding tert-OH is 1. The smallest absolute Gasteiger partial charge is 0.415 e. The lowest BCUT2D eigenvalue weighted by atomic mass is 9.68. The van der Waals surface area contributed by atoms with Crippen LogP contribution in [0.4, 0.5) is 10.5 Å². The number of nitrogens with zero attached hydrogens (tertiary/aromatic N) is 1. The van der Waals surface area contributed by atoms with Crippen LogP contribution in [0.2, 0.25) is 18.1 Å². The summed E-state index contributed by atoms with van der Waals surface area (Å²) in [4.78, 5) is 43.6. The Hall–Kier alpha value is -4.45. The molecule has 1 amide bonds. The van der Waals surface area contributed by atoms with E-state index in [1.54, 1.807) is 12.1 Å². The summed E-state index contributed by atoms with van der Waals surface area (Å²) >= 11 is 0. The number of hydrogen-bond acceptors (Lipinski definition) is 8. The highest BCUT2D eigenvalue weighted by Crippen LogP contribution is 2.69. The van der Waals surface area contributed by atoms with E-state index >= 15 is 0 Å². The molecule has 2 aromatic carbocycles. The van der Waals surface area contributed by atoms with Crippen molar-refractivity contribution in [3.8, 4) is 29.4 Å². The van der Waals surface area contributed by atoms with Crippen molar-refractivity contribution in [2.45, 2.75) is 75.3 Å². The lowest BCUT2D eigenvalue weighted by molar-refractivity contribution is 0.0887. The second-order valence-corrected chi connectivity index (χ2v) is 16.6. The predicted molar refractivity (Wildman–Crippen MR) is 173 cm³/mol. The van der Waals surface area contributed by atoms with Gasteiger partial charge in [0.25, 0.3) is 0 Å². The average molecular weight is 638 g/mol. The van der Waals surface area contributed by atoms with Crippen molar-refractivity contribution in [2.24, 2.45) is 0 Å². The number of benzene rings is 2. The molecule has 236 valence electrons. The molecule has 1 saturated heterocycles. The topological polar surface area (TPSA) is 126 Å². The third-order valence-electron chi connectivity index (χ3n) is 9.88. The first-order valence-corrected chi connectivity index (χ1v) is 18.0. The number of hydrogen-bond donors (Lipinski definition) is 2. The largest absolute Gasteiger partial charge is 0.507 e. The van der Waals surface area contributed by atoms with E-state index in [1.807, 2.05) is 6.92 Å². The molecule has 0 radical (unpaired) electrons. The van der Waals surface area contributed by atoms with Crippen molar-refractivity contribution in [1.82, 2.24) is 0 Å². The van der Waals surface area contributed by atoms with Crippen LogP contribution in [0, 0.1) is 23.7 Å². The number of fused-ring (bicyclic) bond motifs is 4. The Bertz CT molecular complexity index is 1830. The summed E-state index contributed by atoms with van der Waals surface area (Å²) in [6.45, 7) is 11.6. The summed E-state index contributed by atoms with van der Waals surface area (Å²) in [6, 6.07) is 8.88. The molecule has 4 aliphatic rings. The second kappa shape index (κ2) is 11.4. The summed E-state index contributed by atoms with van der Waals surface area (Å²) in [6.07, 6.45) is 1.26. The Kier molecular flexibility index (Phi) is 7.82. The molecule has 10 heteroatoms. The van der Waals surface area contributed by atoms with Gasteiger partial charge in [0.15, 0.2) is 37.2 Å². The molecule has 0 unspecified atom stereocenters. The molecular weight excluding hydrogens is 602 g/mol. The van der Waals surface area contributed by atoms with Crippen LogP contribution in [-0.4, -0.2) is 66.6 Å². The minimum Gasteiger partial charge on any atom is -0.507 e. The van der Waals surface area contributed by atoms with Crippen molar-refractivity contribution < 1.29 is 38.5 Å². The lowest BCUT2D eigenvalue weighted by Crippen LogP contribution is -2.63. The van der Waals surface area contributed by atoms with E-state index in [-0.39, 0.29) is 40.1 Å². The molecular formula is C36H35NO8Si. The average Bonchev–Trinajstić information content (AvgIpc) is 3.79. The summed E-state index contributed by atoms with van der Waals surface area (Å²) in [5, 5.41) is 23.4. The van der Waals surface area contributed by atoms with Crippen molar-refractivity contribution in [2.75, 3.05) is 11.5 Å². The number of ether oxygens (including phenoxy) is 2. The quantitative estimate of drug-likeness (QED) is 0.153. The molecule has 46 heavy (non-hydrogen) atoms. The first-order valence-electron chi connectivity index (χ1n) is 15.5. The van der Waals surface area contributed by atoms with E-state index in [1.165, 1.54) is 41.3 Å². The van der Waals surface area contributed by atoms with Crippen LogP contribution in [0.5, 0.6) is 5.75 Å². The van der Waals surface area contributed by atoms with E-state index < -0.39 is 61.2 Å². The number of phenolic OH excluding ortho intramolecular Hbond substituents is 1. The summed E-state index contributed by atoms with van der Waals surface area (Å²) in [5.41, 5.74) is -3.35. The molecule has 0 aromatic heterocycles. The minimum absolute atomic E-state index is 0.0373. The number of rotatable bonds is 8. The van der Waals surface area contributed by atoms with E-state index in [4.69, 9.17) is 13.9 Å². The van der Waals surface area contributed by atoms with E-state index in [0.29, 0.717) is 0 Å². The van der Waals surface area contributed by atoms with Crippen molar-refractivity contribution in [1.29, 1.82) is 0 Å². The Balaban J connectivity index is 1.71. The Labute approximate surface area is 269 Å². The number of phenols is 1. The molecule has 1 fully saturated rings. The fourth-order valence-electron chi connectivity index (χ4n) is 7.37. The summed E-state index contributed by atoms with van der Waals surface area (Å²) in [5.74, 6) is 10.1. The van der Waals surface area contributed by atoms with E-state index in [2.05, 4.69) is 51.0 Å². The zero-order valence-corrected chi connectivity index (χ0v) is 27.2. The van der Waals surface area contributed by atoms with Crippen LogP contribution in [-0.2, 0) is 19.5 Å². The van der Waals surface area contributed by atoms with Gasteiger partial charge in [-0.05, 0) is 43.3 Å². The predicted octanol–water partition coefficient (Wildman–Crippen LogP) is 4.99. The number of carbonyl (C=O) groups excluding carboxylic acids is 3. The highest BCUT2D eigenvalue weighted by Gasteiger charge is 2.84. The maximum absolute atomic E-state index is 14.3. The standard InChI is InChI=1S/C36H35NO8Si/c1-6-20-43-34(42)37-27-18-12-10-11-13-19-28(39)36(35(27,45-36)22(5)44-46(7-2,8-3)9-4)25-21-26(38)29-30(31(25)37)33(41)24-17-15-14-16-23(24)32(29)40/h6,10-11,14-17,21-22,27-28,38-39H,1,7-9,20H2,2-5H3/b11-10-/t22-,27+,28-,35+,36+/m1/s1. The fourth-order valence-corrected chi connectivity index (χ4v) is 10.3. The number of anilines is 1. The van der Waals surface area contributed by atoms with Gasteiger partial charge in [-0.3, -0.25) is 14.5 Å². The van der Waals surface area contributed by atoms with Gasteiger partial charge >= 0.3 is 6.09 Å². The molecule has 0 spiro atoms. The van der Waals surface area contributed by atoms with Crippen LogP contribution in [0.25, 0.3) is 0 Å². The maximum Gasteiger partial charge on any atom is 0.415 e. The van der Waals surface area contributed by atoms with Crippen LogP contribution < -0.4 is 4.90 Å². The lowest BCUT2D eigenvalue weighted by Gasteiger charge is -2.45. The molecule has 2 aromatic rings. The van der Waals surface area contributed by atoms with Gasteiger partial charge in [0.2, 0.25) is 0 Å². The highest BCUT2D eigenvalue weighted by molar-refractivity contribution is 6.73. The third-order valence-corrected chi connectivity index (χ3v) is 14.6. The fraction of sp³-hybridized carbons (Fsp3) is 0.361. The van der Waals surface area contributed by atoms with Gasteiger partial charge < -0.3 is 24.1 Å². The SMILES string of the molecule is C=CCOC(=O)N1c2c(cc(O)c3c2C(=O)c2ccccc2C3=O)[C@@]23O[C@@]2([C@@H](C)O[Si](CC)(CC)CC)[C@@H]1C#C/C=C\C#C[C@H]3O. The van der Waals surface area contributed by atoms with Crippen LogP contribution in [0.3, 0.4) is 0 Å². The van der Waals surface area contributed by atoms with Gasteiger partial charge in [-0.2, -0.15) is 0 Å². The number of aromatic hydroxyl groups is 1. The zero-order valence-electron chi connectivity index (χ0n) is 26.2. The maximum atomic E-state index is 14.3. The Morgan fingerprint density at radius 1 is 1.09 bits per heavy atom. The van der Waals surface area contributed by atoms with Crippen LogP contribution in [0.15, 0.2) is 55.1 Å². The third kappa shape index (κ3) is 4.18. The first-order chi connectivity index (χ1) is 22.1. The minimum atomic E-state index is -2.32. The molecule has 6 rings (SSSR count). The number of aliphatic hydroxyl groups is 1. The van der Waals surface area contributed by atoms with Gasteiger partial charge in [0.05, 0.1) is 22.9 Å². The number of allylic oxidation sites excluding steroid dienone is 2.